The largest absolute Gasteiger partial charge is 0.497 e. The van der Waals surface area contributed by atoms with Gasteiger partial charge in [0, 0.05) is 5.75 Å². The number of hydrogen-bond acceptors (Lipinski definition) is 5. The first-order chi connectivity index (χ1) is 12.0. The Hall–Kier alpha value is -2.06. The van der Waals surface area contributed by atoms with Crippen LogP contribution in [0, 0.1) is 0 Å². The minimum Gasteiger partial charge on any atom is -0.497 e. The highest BCUT2D eigenvalue weighted by Crippen LogP contribution is 2.34. The number of methoxy groups -OCH3 is 1. The van der Waals surface area contributed by atoms with Gasteiger partial charge in [-0.3, -0.25) is 0 Å². The SMILES string of the molecule is COc1cccc(CSc2nc(-c3cccs3)cc(C(F)(F)F)n2)c1. The van der Waals surface area contributed by atoms with Crippen molar-refractivity contribution in [2.24, 2.45) is 0 Å². The predicted molar refractivity (Wildman–Crippen MR) is 92.9 cm³/mol. The van der Waals surface area contributed by atoms with Crippen LogP contribution in [0.4, 0.5) is 13.2 Å². The third-order valence-corrected chi connectivity index (χ3v) is 5.08. The second-order valence-electron chi connectivity index (χ2n) is 5.04. The minimum atomic E-state index is -4.51. The van der Waals surface area contributed by atoms with E-state index in [1.807, 2.05) is 24.3 Å². The zero-order valence-electron chi connectivity index (χ0n) is 13.1. The van der Waals surface area contributed by atoms with Crippen LogP contribution in [0.3, 0.4) is 0 Å². The lowest BCUT2D eigenvalue weighted by Gasteiger charge is -2.10. The van der Waals surface area contributed by atoms with E-state index >= 15 is 0 Å². The molecule has 3 aromatic rings. The number of ether oxygens (including phenoxy) is 1. The van der Waals surface area contributed by atoms with E-state index in [0.29, 0.717) is 16.4 Å². The maximum atomic E-state index is 13.1. The van der Waals surface area contributed by atoms with Crippen molar-refractivity contribution in [2.75, 3.05) is 7.11 Å². The fraction of sp³-hybridized carbons (Fsp3) is 0.176. The second kappa shape index (κ2) is 7.45. The Labute approximate surface area is 150 Å². The number of halogens is 3. The monoisotopic (exact) mass is 382 g/mol. The molecule has 0 N–H and O–H groups in total. The Balaban J connectivity index is 1.88. The van der Waals surface area contributed by atoms with Gasteiger partial charge < -0.3 is 4.74 Å². The zero-order valence-corrected chi connectivity index (χ0v) is 14.7. The number of thioether (sulfide) groups is 1. The molecule has 8 heteroatoms. The third kappa shape index (κ3) is 4.52. The molecular formula is C17H13F3N2OS2. The van der Waals surface area contributed by atoms with Gasteiger partial charge in [0.2, 0.25) is 0 Å². The summed E-state index contributed by atoms with van der Waals surface area (Å²) in [6.07, 6.45) is -4.51. The average Bonchev–Trinajstić information content (AvgIpc) is 3.14. The van der Waals surface area contributed by atoms with Gasteiger partial charge in [-0.15, -0.1) is 11.3 Å². The van der Waals surface area contributed by atoms with Crippen LogP contribution < -0.4 is 4.74 Å². The van der Waals surface area contributed by atoms with E-state index in [2.05, 4.69) is 9.97 Å². The van der Waals surface area contributed by atoms with Crippen molar-refractivity contribution >= 4 is 23.1 Å². The summed E-state index contributed by atoms with van der Waals surface area (Å²) >= 11 is 2.50. The molecule has 0 saturated carbocycles. The lowest BCUT2D eigenvalue weighted by Crippen LogP contribution is -2.10. The molecule has 130 valence electrons. The summed E-state index contributed by atoms with van der Waals surface area (Å²) in [5, 5.41) is 1.90. The van der Waals surface area contributed by atoms with Crippen molar-refractivity contribution < 1.29 is 17.9 Å². The first kappa shape index (κ1) is 17.8. The van der Waals surface area contributed by atoms with Crippen molar-refractivity contribution in [3.8, 4) is 16.3 Å². The topological polar surface area (TPSA) is 35.0 Å². The third-order valence-electron chi connectivity index (χ3n) is 3.27. The Kier molecular flexibility index (Phi) is 5.29. The van der Waals surface area contributed by atoms with Crippen LogP contribution in [-0.4, -0.2) is 17.1 Å². The molecule has 0 aliphatic rings. The van der Waals surface area contributed by atoms with E-state index in [0.717, 1.165) is 23.4 Å². The van der Waals surface area contributed by atoms with Crippen LogP contribution in [0.25, 0.3) is 10.6 Å². The van der Waals surface area contributed by atoms with Crippen LogP contribution in [0.2, 0.25) is 0 Å². The number of hydrogen-bond donors (Lipinski definition) is 0. The summed E-state index contributed by atoms with van der Waals surface area (Å²) in [5.74, 6) is 1.14. The van der Waals surface area contributed by atoms with Crippen LogP contribution >= 0.6 is 23.1 Å². The van der Waals surface area contributed by atoms with Crippen molar-refractivity contribution in [1.29, 1.82) is 0 Å². The van der Waals surface area contributed by atoms with E-state index in [1.165, 1.54) is 11.3 Å². The van der Waals surface area contributed by atoms with E-state index in [4.69, 9.17) is 4.74 Å². The van der Waals surface area contributed by atoms with E-state index in [9.17, 15) is 13.2 Å². The number of rotatable bonds is 5. The molecule has 2 heterocycles. The summed E-state index contributed by atoms with van der Waals surface area (Å²) in [4.78, 5) is 8.63. The number of alkyl halides is 3. The Morgan fingerprint density at radius 1 is 1.12 bits per heavy atom. The molecule has 0 bridgehead atoms. The molecule has 3 nitrogen and oxygen atoms in total. The predicted octanol–water partition coefficient (Wildman–Crippen LogP) is 5.52. The Morgan fingerprint density at radius 3 is 2.64 bits per heavy atom. The second-order valence-corrected chi connectivity index (χ2v) is 6.93. The average molecular weight is 382 g/mol. The quantitative estimate of drug-likeness (QED) is 0.430. The fourth-order valence-electron chi connectivity index (χ4n) is 2.10. The maximum absolute atomic E-state index is 13.1. The van der Waals surface area contributed by atoms with E-state index < -0.39 is 11.9 Å². The van der Waals surface area contributed by atoms with Gasteiger partial charge in [0.05, 0.1) is 17.7 Å². The Morgan fingerprint density at radius 2 is 1.96 bits per heavy atom. The molecule has 1 aromatic carbocycles. The Bertz CT molecular complexity index is 851. The van der Waals surface area contributed by atoms with Crippen LogP contribution in [0.15, 0.2) is 53.0 Å². The molecule has 0 unspecified atom stereocenters. The molecule has 0 atom stereocenters. The summed E-state index contributed by atoms with van der Waals surface area (Å²) in [5.41, 5.74) is 0.271. The van der Waals surface area contributed by atoms with Gasteiger partial charge in [-0.05, 0) is 35.2 Å². The molecule has 0 aliphatic heterocycles. The van der Waals surface area contributed by atoms with E-state index in [-0.39, 0.29) is 10.9 Å². The van der Waals surface area contributed by atoms with Crippen molar-refractivity contribution in [3.05, 3.63) is 59.1 Å². The van der Waals surface area contributed by atoms with Crippen molar-refractivity contribution in [3.63, 3.8) is 0 Å². The van der Waals surface area contributed by atoms with Crippen LogP contribution in [0.5, 0.6) is 5.75 Å². The molecule has 0 spiro atoms. The van der Waals surface area contributed by atoms with Gasteiger partial charge >= 0.3 is 6.18 Å². The van der Waals surface area contributed by atoms with Gasteiger partial charge in [-0.2, -0.15) is 13.2 Å². The molecular weight excluding hydrogens is 369 g/mol. The number of aromatic nitrogens is 2. The summed E-state index contributed by atoms with van der Waals surface area (Å²) in [6, 6.07) is 11.9. The molecule has 0 radical (unpaired) electrons. The molecule has 0 fully saturated rings. The van der Waals surface area contributed by atoms with Crippen LogP contribution in [0.1, 0.15) is 11.3 Å². The minimum absolute atomic E-state index is 0.0982. The number of thiophene rings is 1. The summed E-state index contributed by atoms with van der Waals surface area (Å²) in [7, 11) is 1.56. The number of benzene rings is 1. The molecule has 0 aliphatic carbocycles. The van der Waals surface area contributed by atoms with E-state index in [1.54, 1.807) is 24.6 Å². The van der Waals surface area contributed by atoms with Gasteiger partial charge in [0.15, 0.2) is 5.16 Å². The highest BCUT2D eigenvalue weighted by molar-refractivity contribution is 7.98. The molecule has 0 saturated heterocycles. The van der Waals surface area contributed by atoms with Gasteiger partial charge in [0.1, 0.15) is 11.4 Å². The zero-order chi connectivity index (χ0) is 17.9. The maximum Gasteiger partial charge on any atom is 0.433 e. The van der Waals surface area contributed by atoms with Gasteiger partial charge in [-0.1, -0.05) is 30.0 Å². The van der Waals surface area contributed by atoms with Crippen molar-refractivity contribution in [2.45, 2.75) is 17.1 Å². The molecule has 3 rings (SSSR count). The van der Waals surface area contributed by atoms with Crippen LogP contribution in [-0.2, 0) is 11.9 Å². The fourth-order valence-corrected chi connectivity index (χ4v) is 3.58. The molecule has 0 amide bonds. The highest BCUT2D eigenvalue weighted by atomic mass is 32.2. The van der Waals surface area contributed by atoms with Crippen molar-refractivity contribution in [1.82, 2.24) is 9.97 Å². The molecule has 2 aromatic heterocycles. The summed E-state index contributed by atoms with van der Waals surface area (Å²) < 4.78 is 44.6. The lowest BCUT2D eigenvalue weighted by molar-refractivity contribution is -0.141. The van der Waals surface area contributed by atoms with Gasteiger partial charge in [0.25, 0.3) is 0 Å². The highest BCUT2D eigenvalue weighted by Gasteiger charge is 2.34. The number of nitrogens with zero attached hydrogens (tertiary/aromatic N) is 2. The standard InChI is InChI=1S/C17H13F3N2OS2/c1-23-12-5-2-4-11(8-12)10-25-16-21-13(14-6-3-7-24-14)9-15(22-16)17(18,19)20/h2-9H,10H2,1H3. The first-order valence-corrected chi connectivity index (χ1v) is 9.08. The molecule has 25 heavy (non-hydrogen) atoms. The lowest BCUT2D eigenvalue weighted by atomic mass is 10.2. The first-order valence-electron chi connectivity index (χ1n) is 7.21. The normalized spacial score (nSPS) is 11.5. The smallest absolute Gasteiger partial charge is 0.433 e. The summed E-state index contributed by atoms with van der Waals surface area (Å²) in [6.45, 7) is 0. The van der Waals surface area contributed by atoms with Gasteiger partial charge in [-0.25, -0.2) is 9.97 Å².